The van der Waals surface area contributed by atoms with E-state index in [1.807, 2.05) is 0 Å². The van der Waals surface area contributed by atoms with E-state index in [1.54, 1.807) is 0 Å². The molecule has 2 rings (SSSR count). The van der Waals surface area contributed by atoms with Crippen LogP contribution in [0, 0.1) is 0 Å². The number of nitrogens with two attached hydrogens (primary N) is 1. The maximum Gasteiger partial charge on any atom is 0.323 e. The van der Waals surface area contributed by atoms with Crippen molar-refractivity contribution < 1.29 is 15.0 Å². The van der Waals surface area contributed by atoms with Crippen molar-refractivity contribution in [3.8, 4) is 0 Å². The maximum absolute atomic E-state index is 9.86. The third-order valence-electron chi connectivity index (χ3n) is 2.18. The van der Waals surface area contributed by atoms with Crippen molar-refractivity contribution in [2.45, 2.75) is 25.5 Å². The summed E-state index contributed by atoms with van der Waals surface area (Å²) in [5.74, 6) is -1.18. The number of hydrogen-bond acceptors (Lipinski definition) is 3. The molecule has 0 saturated heterocycles. The molecule has 4 nitrogen and oxygen atoms in total. The molecule has 4 N–H and O–H groups in total. The van der Waals surface area contributed by atoms with Gasteiger partial charge in [-0.3, -0.25) is 4.79 Å². The number of hydrogen-bond donors (Lipinski definition) is 3. The van der Waals surface area contributed by atoms with Crippen LogP contribution in [-0.4, -0.2) is 28.3 Å². The highest BCUT2D eigenvalue weighted by molar-refractivity contribution is 5.73. The van der Waals surface area contributed by atoms with Gasteiger partial charge in [-0.15, -0.1) is 0 Å². The highest BCUT2D eigenvalue weighted by Gasteiger charge is 2.16. The van der Waals surface area contributed by atoms with Crippen molar-refractivity contribution in [1.29, 1.82) is 0 Å². The van der Waals surface area contributed by atoms with Crippen LogP contribution in [0.4, 0.5) is 0 Å². The van der Waals surface area contributed by atoms with E-state index in [0.29, 0.717) is 0 Å². The van der Waals surface area contributed by atoms with E-state index in [0.717, 1.165) is 0 Å². The second kappa shape index (κ2) is 4.91. The van der Waals surface area contributed by atoms with Crippen LogP contribution < -0.4 is 5.73 Å². The molecule has 0 aliphatic heterocycles. The molecule has 0 aromatic heterocycles. The Morgan fingerprint density at radius 2 is 1.87 bits per heavy atom. The molecule has 0 heterocycles. The Morgan fingerprint density at radius 3 is 2.07 bits per heavy atom. The molecule has 0 spiro atoms. The number of rotatable bonds is 2. The zero-order chi connectivity index (χ0) is 11.4. The molecule has 0 fully saturated rings. The smallest absolute Gasteiger partial charge is 0.323 e. The topological polar surface area (TPSA) is 83.5 Å². The summed E-state index contributed by atoms with van der Waals surface area (Å²) in [5, 5.41) is 16.6. The van der Waals surface area contributed by atoms with Gasteiger partial charge in [0.2, 0.25) is 0 Å². The van der Waals surface area contributed by atoms with Gasteiger partial charge in [-0.25, -0.2) is 0 Å². The zero-order valence-corrected chi connectivity index (χ0v) is 8.55. The monoisotopic (exact) mass is 209 g/mol. The molecule has 0 amide bonds. The van der Waals surface area contributed by atoms with Gasteiger partial charge in [0.15, 0.2) is 0 Å². The van der Waals surface area contributed by atoms with Crippen molar-refractivity contribution in [3.05, 3.63) is 35.4 Å². The lowest BCUT2D eigenvalue weighted by molar-refractivity contribution is -0.140. The second-order valence-electron chi connectivity index (χ2n) is 3.55. The lowest BCUT2D eigenvalue weighted by Gasteiger charge is -2.06. The lowest BCUT2D eigenvalue weighted by Crippen LogP contribution is -2.39. The molecule has 1 aliphatic carbocycles. The Morgan fingerprint density at radius 1 is 1.40 bits per heavy atom. The fourth-order valence-corrected chi connectivity index (χ4v) is 1.04. The summed E-state index contributed by atoms with van der Waals surface area (Å²) in [6.07, 6.45) is 0.264. The van der Waals surface area contributed by atoms with Crippen molar-refractivity contribution in [3.63, 3.8) is 0 Å². The van der Waals surface area contributed by atoms with E-state index in [2.05, 4.69) is 24.3 Å². The van der Waals surface area contributed by atoms with Crippen molar-refractivity contribution in [2.24, 2.45) is 5.73 Å². The van der Waals surface area contributed by atoms with Gasteiger partial charge in [-0.1, -0.05) is 24.3 Å². The Balaban J connectivity index is 0.000000150. The van der Waals surface area contributed by atoms with Crippen LogP contribution in [-0.2, 0) is 11.2 Å². The molecule has 4 heteroatoms. The minimum atomic E-state index is -1.18. The average molecular weight is 209 g/mol. The fourth-order valence-electron chi connectivity index (χ4n) is 1.04. The predicted octanol–water partition coefficient (Wildman–Crippen LogP) is 0.370. The molecule has 1 aromatic carbocycles. The van der Waals surface area contributed by atoms with Crippen LogP contribution in [0.25, 0.3) is 0 Å². The largest absolute Gasteiger partial charge is 0.480 e. The van der Waals surface area contributed by atoms with Crippen LogP contribution in [0.1, 0.15) is 18.1 Å². The highest BCUT2D eigenvalue weighted by atomic mass is 16.4. The van der Waals surface area contributed by atoms with Gasteiger partial charge < -0.3 is 15.9 Å². The summed E-state index contributed by atoms with van der Waals surface area (Å²) in [6, 6.07) is 7.37. The first-order valence-corrected chi connectivity index (χ1v) is 4.75. The lowest BCUT2D eigenvalue weighted by atomic mass is 10.2. The third-order valence-corrected chi connectivity index (χ3v) is 2.18. The Bertz CT molecular complexity index is 328. The molecule has 2 atom stereocenters. The first-order valence-electron chi connectivity index (χ1n) is 4.75. The van der Waals surface area contributed by atoms with Gasteiger partial charge in [0, 0.05) is 0 Å². The van der Waals surface area contributed by atoms with Crippen LogP contribution in [0.3, 0.4) is 0 Å². The predicted molar refractivity (Wildman–Crippen MR) is 56.5 cm³/mol. The molecule has 82 valence electrons. The van der Waals surface area contributed by atoms with Crippen LogP contribution >= 0.6 is 0 Å². The third kappa shape index (κ3) is 3.69. The van der Waals surface area contributed by atoms with E-state index in [4.69, 9.17) is 15.9 Å². The molecule has 1 aliphatic rings. The minimum Gasteiger partial charge on any atom is -0.480 e. The molecule has 15 heavy (non-hydrogen) atoms. The first kappa shape index (κ1) is 11.7. The molecule has 1 aromatic rings. The minimum absolute atomic E-state index is 0.979. The van der Waals surface area contributed by atoms with Gasteiger partial charge in [0.1, 0.15) is 6.04 Å². The number of aliphatic hydroxyl groups excluding tert-OH is 1. The number of aliphatic hydroxyl groups is 1. The van der Waals surface area contributed by atoms with Crippen LogP contribution in [0.5, 0.6) is 0 Å². The van der Waals surface area contributed by atoms with Gasteiger partial charge >= 0.3 is 5.97 Å². The van der Waals surface area contributed by atoms with Crippen molar-refractivity contribution >= 4 is 5.97 Å². The zero-order valence-electron chi connectivity index (χ0n) is 8.55. The van der Waals surface area contributed by atoms with Gasteiger partial charge in [0.05, 0.1) is 6.10 Å². The van der Waals surface area contributed by atoms with E-state index >= 15 is 0 Å². The summed E-state index contributed by atoms with van der Waals surface area (Å²) < 4.78 is 0. The number of benzene rings is 1. The molecular formula is C11H15NO3. The molecular weight excluding hydrogens is 194 g/mol. The highest BCUT2D eigenvalue weighted by Crippen LogP contribution is 2.25. The van der Waals surface area contributed by atoms with Crippen LogP contribution in [0.15, 0.2) is 24.3 Å². The van der Waals surface area contributed by atoms with Gasteiger partial charge in [0.25, 0.3) is 0 Å². The quantitative estimate of drug-likeness (QED) is 0.667. The summed E-state index contributed by atoms with van der Waals surface area (Å²) in [4.78, 5) is 9.86. The van der Waals surface area contributed by atoms with E-state index in [-0.39, 0.29) is 0 Å². The summed E-state index contributed by atoms with van der Waals surface area (Å²) in [5.41, 5.74) is 7.97. The number of carbonyl (C=O) groups is 1. The fraction of sp³-hybridized carbons (Fsp3) is 0.364. The van der Waals surface area contributed by atoms with E-state index in [1.165, 1.54) is 24.5 Å². The maximum atomic E-state index is 9.86. The number of carboxylic acids is 1. The normalized spacial score (nSPS) is 15.4. The standard InChI is InChI=1S/C7H6.C4H9NO3/c1-2-4-7-5-6(7)3-1;1-2(6)3(5)4(7)8/h1-4H,5H2;2-3,6H,5H2,1H3,(H,7,8)/t;2-,3+/m.1/s1. The summed E-state index contributed by atoms with van der Waals surface area (Å²) >= 11 is 0. The van der Waals surface area contributed by atoms with Crippen molar-refractivity contribution in [1.82, 2.24) is 0 Å². The second-order valence-corrected chi connectivity index (χ2v) is 3.55. The van der Waals surface area contributed by atoms with Gasteiger partial charge in [-0.2, -0.15) is 0 Å². The Labute approximate surface area is 88.3 Å². The Kier molecular flexibility index (Phi) is 3.82. The Hall–Kier alpha value is -1.39. The molecule has 0 unspecified atom stereocenters. The van der Waals surface area contributed by atoms with Crippen LogP contribution in [0.2, 0.25) is 0 Å². The number of carboxylic acid groups (broad SMARTS) is 1. The summed E-state index contributed by atoms with van der Waals surface area (Å²) in [7, 11) is 0. The molecule has 0 bridgehead atoms. The van der Waals surface area contributed by atoms with Gasteiger partial charge in [-0.05, 0) is 24.5 Å². The average Bonchev–Trinajstić information content (AvgIpc) is 2.95. The first-order chi connectivity index (χ1) is 7.02. The SMILES string of the molecule is C[C@@H](O)[C@H](N)C(=O)O.c1ccc2c(c1)C2. The van der Waals surface area contributed by atoms with E-state index in [9.17, 15) is 4.79 Å². The molecule has 0 radical (unpaired) electrons. The summed E-state index contributed by atoms with van der Waals surface area (Å²) in [6.45, 7) is 1.33. The van der Waals surface area contributed by atoms with E-state index < -0.39 is 18.1 Å². The molecule has 0 saturated carbocycles. The van der Waals surface area contributed by atoms with Crippen molar-refractivity contribution in [2.75, 3.05) is 0 Å². The number of aliphatic carboxylic acids is 1. The number of fused-ring (bicyclic) bond motifs is 1.